The monoisotopic (exact) mass is 310 g/mol. The lowest BCUT2D eigenvalue weighted by molar-refractivity contribution is -0.393. The zero-order valence-electron chi connectivity index (χ0n) is 9.06. The third kappa shape index (κ3) is 2.11. The number of halogens is 4. The molecule has 0 atom stereocenters. The number of alkyl halides is 3. The molecule has 1 heterocycles. The first-order valence-electron chi connectivity index (χ1n) is 4.71. The summed E-state index contributed by atoms with van der Waals surface area (Å²) in [6.45, 7) is 0. The molecule has 12 heteroatoms. The molecule has 0 aliphatic rings. The number of fused-ring (bicyclic) bond motifs is 1. The second-order valence-electron chi connectivity index (χ2n) is 3.55. The first kappa shape index (κ1) is 14.0. The largest absolute Gasteiger partial charge is 0.449 e. The molecule has 0 spiro atoms. The first-order chi connectivity index (χ1) is 9.12. The Morgan fingerprint density at radius 3 is 2.20 bits per heavy atom. The van der Waals surface area contributed by atoms with Crippen molar-refractivity contribution in [3.8, 4) is 0 Å². The van der Waals surface area contributed by atoms with Gasteiger partial charge in [-0.25, -0.2) is 4.98 Å². The third-order valence-electron chi connectivity index (χ3n) is 2.33. The van der Waals surface area contributed by atoms with Gasteiger partial charge in [0, 0.05) is 0 Å². The Balaban J connectivity index is 2.90. The number of nitro benzene ring substituents is 2. The minimum atomic E-state index is -4.90. The number of rotatable bonds is 2. The highest BCUT2D eigenvalue weighted by molar-refractivity contribution is 6.37. The van der Waals surface area contributed by atoms with Crippen molar-refractivity contribution in [3.63, 3.8) is 0 Å². The Labute approximate surface area is 111 Å². The van der Waals surface area contributed by atoms with E-state index in [4.69, 9.17) is 11.6 Å². The lowest BCUT2D eigenvalue weighted by Crippen LogP contribution is -2.06. The Morgan fingerprint density at radius 2 is 1.75 bits per heavy atom. The predicted octanol–water partition coefficient (Wildman–Crippen LogP) is 3.05. The highest BCUT2D eigenvalue weighted by atomic mass is 35.5. The number of non-ortho nitro benzene ring substituents is 1. The fourth-order valence-corrected chi connectivity index (χ4v) is 1.77. The summed E-state index contributed by atoms with van der Waals surface area (Å²) in [5.74, 6) is -1.53. The van der Waals surface area contributed by atoms with Crippen LogP contribution in [0.5, 0.6) is 0 Å². The minimum Gasteiger partial charge on any atom is -0.333 e. The van der Waals surface area contributed by atoms with E-state index in [0.717, 1.165) is 0 Å². The normalized spacial score (nSPS) is 11.8. The SMILES string of the molecule is O=[N+]([O-])c1cc([N+](=O)[O-])c2nc(C(F)(F)F)[nH]c2c1Cl. The molecule has 0 amide bonds. The van der Waals surface area contributed by atoms with Gasteiger partial charge in [-0.2, -0.15) is 13.2 Å². The Kier molecular flexibility index (Phi) is 3.01. The predicted molar refractivity (Wildman–Crippen MR) is 59.4 cm³/mol. The molecule has 0 fully saturated rings. The quantitative estimate of drug-likeness (QED) is 0.676. The zero-order valence-corrected chi connectivity index (χ0v) is 9.82. The molecule has 0 unspecified atom stereocenters. The van der Waals surface area contributed by atoms with E-state index in [-0.39, 0.29) is 0 Å². The van der Waals surface area contributed by atoms with E-state index in [9.17, 15) is 33.4 Å². The van der Waals surface area contributed by atoms with Crippen molar-refractivity contribution in [3.05, 3.63) is 37.1 Å². The Morgan fingerprint density at radius 1 is 1.20 bits per heavy atom. The van der Waals surface area contributed by atoms with Gasteiger partial charge in [0.1, 0.15) is 5.02 Å². The molecule has 1 aromatic carbocycles. The van der Waals surface area contributed by atoms with Gasteiger partial charge in [0.2, 0.25) is 5.82 Å². The second-order valence-corrected chi connectivity index (χ2v) is 3.93. The number of hydrogen-bond acceptors (Lipinski definition) is 5. The summed E-state index contributed by atoms with van der Waals surface area (Å²) < 4.78 is 37.5. The molecular weight excluding hydrogens is 309 g/mol. The van der Waals surface area contributed by atoms with Gasteiger partial charge in [-0.15, -0.1) is 0 Å². The van der Waals surface area contributed by atoms with Crippen LogP contribution in [0.2, 0.25) is 5.02 Å². The fourth-order valence-electron chi connectivity index (χ4n) is 1.51. The van der Waals surface area contributed by atoms with Gasteiger partial charge in [0.05, 0.1) is 21.4 Å². The Bertz CT molecular complexity index is 741. The van der Waals surface area contributed by atoms with E-state index in [2.05, 4.69) is 4.98 Å². The molecule has 8 nitrogen and oxygen atoms in total. The number of nitrogens with zero attached hydrogens (tertiary/aromatic N) is 3. The lowest BCUT2D eigenvalue weighted by Gasteiger charge is -1.99. The van der Waals surface area contributed by atoms with E-state index in [1.807, 2.05) is 0 Å². The van der Waals surface area contributed by atoms with Crippen LogP contribution in [0.4, 0.5) is 24.5 Å². The molecule has 2 rings (SSSR count). The summed E-state index contributed by atoms with van der Waals surface area (Å²) >= 11 is 5.57. The molecule has 0 radical (unpaired) electrons. The number of nitro groups is 2. The summed E-state index contributed by atoms with van der Waals surface area (Å²) in [4.78, 5) is 24.1. The average molecular weight is 311 g/mol. The van der Waals surface area contributed by atoms with Crippen LogP contribution < -0.4 is 0 Å². The van der Waals surface area contributed by atoms with Crippen LogP contribution in [0.3, 0.4) is 0 Å². The van der Waals surface area contributed by atoms with E-state index in [1.54, 1.807) is 4.98 Å². The van der Waals surface area contributed by atoms with Crippen molar-refractivity contribution in [1.82, 2.24) is 9.97 Å². The summed E-state index contributed by atoms with van der Waals surface area (Å²) in [5.41, 5.74) is -3.14. The number of nitrogens with one attached hydrogen (secondary N) is 1. The van der Waals surface area contributed by atoms with E-state index in [1.165, 1.54) is 0 Å². The van der Waals surface area contributed by atoms with Crippen molar-refractivity contribution >= 4 is 34.0 Å². The second kappa shape index (κ2) is 4.30. The van der Waals surface area contributed by atoms with Crippen molar-refractivity contribution in [1.29, 1.82) is 0 Å². The van der Waals surface area contributed by atoms with E-state index >= 15 is 0 Å². The lowest BCUT2D eigenvalue weighted by atomic mass is 10.2. The maximum atomic E-state index is 12.5. The smallest absolute Gasteiger partial charge is 0.333 e. The van der Waals surface area contributed by atoms with Crippen LogP contribution in [0.1, 0.15) is 5.82 Å². The number of benzene rings is 1. The number of aromatic amines is 1. The van der Waals surface area contributed by atoms with Crippen LogP contribution in [-0.2, 0) is 6.18 Å². The average Bonchev–Trinajstić information content (AvgIpc) is 2.73. The van der Waals surface area contributed by atoms with E-state index < -0.39 is 49.3 Å². The van der Waals surface area contributed by atoms with Gasteiger partial charge in [0.15, 0.2) is 5.52 Å². The van der Waals surface area contributed by atoms with Crippen molar-refractivity contribution in [2.75, 3.05) is 0 Å². The minimum absolute atomic E-state index is 0.464. The molecule has 0 aliphatic heterocycles. The van der Waals surface area contributed by atoms with Gasteiger partial charge in [0.25, 0.3) is 5.69 Å². The fraction of sp³-hybridized carbons (Fsp3) is 0.125. The molecule has 0 bridgehead atoms. The van der Waals surface area contributed by atoms with Gasteiger partial charge < -0.3 is 4.98 Å². The molecule has 1 aromatic heterocycles. The maximum Gasteiger partial charge on any atom is 0.449 e. The molecule has 0 saturated heterocycles. The number of imidazole rings is 1. The van der Waals surface area contributed by atoms with Crippen LogP contribution >= 0.6 is 11.6 Å². The zero-order chi connectivity index (χ0) is 15.2. The van der Waals surface area contributed by atoms with Crippen LogP contribution in [-0.4, -0.2) is 19.8 Å². The molecule has 1 N–H and O–H groups in total. The van der Waals surface area contributed by atoms with Crippen molar-refractivity contribution in [2.45, 2.75) is 6.18 Å². The highest BCUT2D eigenvalue weighted by Gasteiger charge is 2.37. The third-order valence-corrected chi connectivity index (χ3v) is 2.71. The summed E-state index contributed by atoms with van der Waals surface area (Å²) in [5, 5.41) is 20.8. The topological polar surface area (TPSA) is 115 Å². The van der Waals surface area contributed by atoms with Gasteiger partial charge in [-0.3, -0.25) is 20.2 Å². The summed E-state index contributed by atoms with van der Waals surface area (Å²) in [6, 6.07) is 0.464. The highest BCUT2D eigenvalue weighted by Crippen LogP contribution is 2.39. The molecule has 20 heavy (non-hydrogen) atoms. The first-order valence-corrected chi connectivity index (χ1v) is 5.09. The Hall–Kier alpha value is -2.43. The summed E-state index contributed by atoms with van der Waals surface area (Å²) in [6.07, 6.45) is -4.90. The van der Waals surface area contributed by atoms with Crippen molar-refractivity contribution in [2.24, 2.45) is 0 Å². The van der Waals surface area contributed by atoms with Crippen LogP contribution in [0, 0.1) is 20.2 Å². The van der Waals surface area contributed by atoms with Gasteiger partial charge in [-0.1, -0.05) is 11.6 Å². The number of H-pyrrole nitrogens is 1. The van der Waals surface area contributed by atoms with Crippen molar-refractivity contribution < 1.29 is 23.0 Å². The molecular formula is C8H2ClF3N4O4. The van der Waals surface area contributed by atoms with Gasteiger partial charge >= 0.3 is 11.9 Å². The van der Waals surface area contributed by atoms with E-state index in [0.29, 0.717) is 6.07 Å². The molecule has 2 aromatic rings. The number of hydrogen-bond donors (Lipinski definition) is 1. The van der Waals surface area contributed by atoms with Crippen LogP contribution in [0.25, 0.3) is 11.0 Å². The summed E-state index contributed by atoms with van der Waals surface area (Å²) in [7, 11) is 0. The molecule has 0 aliphatic carbocycles. The van der Waals surface area contributed by atoms with Gasteiger partial charge in [-0.05, 0) is 0 Å². The number of aromatic nitrogens is 2. The maximum absolute atomic E-state index is 12.5. The molecule has 106 valence electrons. The van der Waals surface area contributed by atoms with Crippen LogP contribution in [0.15, 0.2) is 6.07 Å². The standard InChI is InChI=1S/C8H2ClF3N4O4/c9-4-2(15(17)18)1-3(16(19)20)5-6(4)14-7(13-5)8(10,11)12/h1H,(H,13,14). The molecule has 0 saturated carbocycles.